The topological polar surface area (TPSA) is 9.23 Å². The standard InChI is InChI=1S/C6H8F6O/c1-2-3-4(7)5(8,9)13-6(10,11)12/h4H,2-3H2,1H3. The van der Waals surface area contributed by atoms with Crippen LogP contribution >= 0.6 is 0 Å². The highest BCUT2D eigenvalue weighted by Gasteiger charge is 2.50. The first-order valence-electron chi connectivity index (χ1n) is 3.48. The molecule has 0 aromatic rings. The Bertz CT molecular complexity index is 154. The van der Waals surface area contributed by atoms with Crippen LogP contribution in [0.2, 0.25) is 0 Å². The summed E-state index contributed by atoms with van der Waals surface area (Å²) in [6.07, 6.45) is -13.9. The van der Waals surface area contributed by atoms with Crippen LogP contribution in [0.15, 0.2) is 0 Å². The molecule has 0 bridgehead atoms. The Hall–Kier alpha value is -0.460. The molecule has 0 aliphatic rings. The predicted molar refractivity (Wildman–Crippen MR) is 31.9 cm³/mol. The Labute approximate surface area is 70.7 Å². The molecule has 0 rings (SSSR count). The largest absolute Gasteiger partial charge is 0.527 e. The van der Waals surface area contributed by atoms with Gasteiger partial charge in [-0.3, -0.25) is 0 Å². The van der Waals surface area contributed by atoms with Gasteiger partial charge in [-0.05, 0) is 6.42 Å². The summed E-state index contributed by atoms with van der Waals surface area (Å²) >= 11 is 0. The van der Waals surface area contributed by atoms with Crippen LogP contribution < -0.4 is 0 Å². The first-order valence-corrected chi connectivity index (χ1v) is 3.48. The molecule has 7 heteroatoms. The van der Waals surface area contributed by atoms with Crippen molar-refractivity contribution in [1.82, 2.24) is 0 Å². The molecule has 0 aromatic carbocycles. The van der Waals surface area contributed by atoms with Gasteiger partial charge in [0.15, 0.2) is 6.17 Å². The van der Waals surface area contributed by atoms with Crippen LogP contribution in [0.25, 0.3) is 0 Å². The molecule has 0 heterocycles. The molecule has 1 atom stereocenters. The maximum Gasteiger partial charge on any atom is 0.527 e. The lowest BCUT2D eigenvalue weighted by Gasteiger charge is -2.21. The van der Waals surface area contributed by atoms with Gasteiger partial charge < -0.3 is 0 Å². The zero-order chi connectivity index (χ0) is 10.7. The molecular formula is C6H8F6O. The average Bonchev–Trinajstić information content (AvgIpc) is 1.82. The number of ether oxygens (including phenoxy) is 1. The predicted octanol–water partition coefficient (Wildman–Crippen LogP) is 3.25. The molecule has 0 amide bonds. The van der Waals surface area contributed by atoms with Gasteiger partial charge in [0, 0.05) is 0 Å². The molecule has 0 fully saturated rings. The molecule has 0 N–H and O–H groups in total. The maximum absolute atomic E-state index is 12.3. The normalized spacial score (nSPS) is 15.9. The van der Waals surface area contributed by atoms with E-state index in [1.54, 1.807) is 0 Å². The lowest BCUT2D eigenvalue weighted by atomic mass is 10.2. The molecule has 13 heavy (non-hydrogen) atoms. The minimum Gasteiger partial charge on any atom is -0.238 e. The van der Waals surface area contributed by atoms with Gasteiger partial charge in [0.1, 0.15) is 0 Å². The number of halogens is 6. The minimum atomic E-state index is -5.53. The number of hydrogen-bond donors (Lipinski definition) is 0. The van der Waals surface area contributed by atoms with Crippen molar-refractivity contribution in [2.75, 3.05) is 0 Å². The summed E-state index contributed by atoms with van der Waals surface area (Å²) in [5.74, 6) is 0. The third-order valence-corrected chi connectivity index (χ3v) is 1.16. The van der Waals surface area contributed by atoms with Crippen LogP contribution in [0.1, 0.15) is 19.8 Å². The van der Waals surface area contributed by atoms with E-state index in [0.717, 1.165) is 0 Å². The van der Waals surface area contributed by atoms with Crippen molar-refractivity contribution in [2.24, 2.45) is 0 Å². The van der Waals surface area contributed by atoms with Crippen molar-refractivity contribution < 1.29 is 31.1 Å². The van der Waals surface area contributed by atoms with E-state index in [-0.39, 0.29) is 6.42 Å². The van der Waals surface area contributed by atoms with E-state index in [9.17, 15) is 26.3 Å². The smallest absolute Gasteiger partial charge is 0.238 e. The Morgan fingerprint density at radius 3 is 1.92 bits per heavy atom. The van der Waals surface area contributed by atoms with Gasteiger partial charge >= 0.3 is 12.5 Å². The van der Waals surface area contributed by atoms with Crippen LogP contribution in [0.3, 0.4) is 0 Å². The van der Waals surface area contributed by atoms with Gasteiger partial charge in [0.05, 0.1) is 0 Å². The molecule has 0 aliphatic heterocycles. The summed E-state index contributed by atoms with van der Waals surface area (Å²) in [6, 6.07) is 0. The third kappa shape index (κ3) is 4.97. The van der Waals surface area contributed by atoms with Gasteiger partial charge in [-0.1, -0.05) is 13.3 Å². The quantitative estimate of drug-likeness (QED) is 0.647. The van der Waals surface area contributed by atoms with E-state index in [1.807, 2.05) is 0 Å². The highest BCUT2D eigenvalue weighted by Crippen LogP contribution is 2.33. The molecule has 1 nitrogen and oxygen atoms in total. The van der Waals surface area contributed by atoms with Crippen LogP contribution in [-0.4, -0.2) is 18.6 Å². The van der Waals surface area contributed by atoms with Gasteiger partial charge in [0.2, 0.25) is 0 Å². The third-order valence-electron chi connectivity index (χ3n) is 1.16. The van der Waals surface area contributed by atoms with Crippen LogP contribution in [0.4, 0.5) is 26.3 Å². The van der Waals surface area contributed by atoms with Crippen molar-refractivity contribution in [3.63, 3.8) is 0 Å². The Morgan fingerprint density at radius 1 is 1.15 bits per heavy atom. The molecule has 0 spiro atoms. The maximum atomic E-state index is 12.3. The summed E-state index contributed by atoms with van der Waals surface area (Å²) in [7, 11) is 0. The first kappa shape index (κ1) is 12.5. The van der Waals surface area contributed by atoms with E-state index < -0.39 is 25.1 Å². The molecule has 0 aromatic heterocycles. The monoisotopic (exact) mass is 210 g/mol. The average molecular weight is 210 g/mol. The fraction of sp³-hybridized carbons (Fsp3) is 1.00. The summed E-state index contributed by atoms with van der Waals surface area (Å²) in [6.45, 7) is 1.37. The number of rotatable bonds is 4. The van der Waals surface area contributed by atoms with E-state index >= 15 is 0 Å². The second-order valence-electron chi connectivity index (χ2n) is 2.37. The lowest BCUT2D eigenvalue weighted by molar-refractivity contribution is -0.436. The fourth-order valence-corrected chi connectivity index (χ4v) is 0.640. The number of hydrogen-bond acceptors (Lipinski definition) is 1. The summed E-state index contributed by atoms with van der Waals surface area (Å²) in [5, 5.41) is 0. The van der Waals surface area contributed by atoms with Crippen molar-refractivity contribution in [1.29, 1.82) is 0 Å². The fourth-order valence-electron chi connectivity index (χ4n) is 0.640. The highest BCUT2D eigenvalue weighted by molar-refractivity contribution is 4.67. The van der Waals surface area contributed by atoms with Gasteiger partial charge in [-0.15, -0.1) is 13.2 Å². The molecule has 0 radical (unpaired) electrons. The second kappa shape index (κ2) is 4.17. The zero-order valence-electron chi connectivity index (χ0n) is 6.67. The Morgan fingerprint density at radius 2 is 1.62 bits per heavy atom. The highest BCUT2D eigenvalue weighted by atomic mass is 19.4. The zero-order valence-corrected chi connectivity index (χ0v) is 6.67. The lowest BCUT2D eigenvalue weighted by Crippen LogP contribution is -2.38. The van der Waals surface area contributed by atoms with Crippen molar-refractivity contribution in [2.45, 2.75) is 38.4 Å². The summed E-state index contributed by atoms with van der Waals surface area (Å²) in [4.78, 5) is 0. The van der Waals surface area contributed by atoms with E-state index in [1.165, 1.54) is 6.92 Å². The minimum absolute atomic E-state index is 0.0119. The molecular weight excluding hydrogens is 202 g/mol. The SMILES string of the molecule is CCCC(F)C(F)(F)OC(F)(F)F. The van der Waals surface area contributed by atoms with Crippen molar-refractivity contribution >= 4 is 0 Å². The summed E-state index contributed by atoms with van der Waals surface area (Å²) in [5.41, 5.74) is 0. The van der Waals surface area contributed by atoms with Gasteiger partial charge in [-0.2, -0.15) is 8.78 Å². The van der Waals surface area contributed by atoms with E-state index in [4.69, 9.17) is 0 Å². The van der Waals surface area contributed by atoms with Crippen LogP contribution in [0.5, 0.6) is 0 Å². The molecule has 80 valence electrons. The Kier molecular flexibility index (Phi) is 4.02. The van der Waals surface area contributed by atoms with Gasteiger partial charge in [0.25, 0.3) is 0 Å². The Balaban J connectivity index is 4.21. The first-order chi connectivity index (χ1) is 5.69. The van der Waals surface area contributed by atoms with E-state index in [0.29, 0.717) is 0 Å². The molecule has 1 unspecified atom stereocenters. The van der Waals surface area contributed by atoms with Gasteiger partial charge in [-0.25, -0.2) is 9.13 Å². The molecule has 0 saturated carbocycles. The van der Waals surface area contributed by atoms with Crippen molar-refractivity contribution in [3.05, 3.63) is 0 Å². The van der Waals surface area contributed by atoms with Crippen LogP contribution in [0, 0.1) is 0 Å². The van der Waals surface area contributed by atoms with Crippen LogP contribution in [-0.2, 0) is 4.74 Å². The van der Waals surface area contributed by atoms with E-state index in [2.05, 4.69) is 4.74 Å². The molecule has 0 saturated heterocycles. The molecule has 0 aliphatic carbocycles. The summed E-state index contributed by atoms with van der Waals surface area (Å²) < 4.78 is 72.9. The van der Waals surface area contributed by atoms with Crippen molar-refractivity contribution in [3.8, 4) is 0 Å². The second-order valence-corrected chi connectivity index (χ2v) is 2.37. The number of alkyl halides is 6.